The molecule has 0 amide bonds. The lowest BCUT2D eigenvalue weighted by Crippen LogP contribution is -2.09. The van der Waals surface area contributed by atoms with Crippen LogP contribution in [0.15, 0.2) is 6.08 Å². The van der Waals surface area contributed by atoms with Crippen LogP contribution in [0.5, 0.6) is 0 Å². The van der Waals surface area contributed by atoms with Crippen molar-refractivity contribution in [1.29, 1.82) is 0 Å². The number of aromatic nitrogens is 2. The van der Waals surface area contributed by atoms with Crippen LogP contribution in [0.3, 0.4) is 0 Å². The van der Waals surface area contributed by atoms with Gasteiger partial charge in [0.25, 0.3) is 0 Å². The standard InChI is InChI=1S/C9H14ClN3/c1-6(11)4-5-8-7(2)12-13(3)9(8)10/h4-6H,11H2,1-3H3/b5-4+. The second kappa shape index (κ2) is 3.94. The largest absolute Gasteiger partial charge is 0.325 e. The normalized spacial score (nSPS) is 13.9. The maximum atomic E-state index is 6.01. The summed E-state index contributed by atoms with van der Waals surface area (Å²) in [6, 6.07) is 0.0377. The van der Waals surface area contributed by atoms with E-state index in [9.17, 15) is 0 Å². The van der Waals surface area contributed by atoms with Crippen LogP contribution >= 0.6 is 11.6 Å². The highest BCUT2D eigenvalue weighted by molar-refractivity contribution is 6.31. The van der Waals surface area contributed by atoms with E-state index in [1.54, 1.807) is 4.68 Å². The van der Waals surface area contributed by atoms with Crippen LogP contribution in [0, 0.1) is 6.92 Å². The van der Waals surface area contributed by atoms with Crippen molar-refractivity contribution in [2.75, 3.05) is 0 Å². The Kier molecular flexibility index (Phi) is 3.12. The Morgan fingerprint density at radius 3 is 2.62 bits per heavy atom. The summed E-state index contributed by atoms with van der Waals surface area (Å²) >= 11 is 6.01. The second-order valence-electron chi connectivity index (χ2n) is 3.13. The molecule has 0 aliphatic heterocycles. The van der Waals surface area contributed by atoms with Crippen LogP contribution in [0.1, 0.15) is 18.2 Å². The first kappa shape index (κ1) is 10.3. The Morgan fingerprint density at radius 1 is 1.62 bits per heavy atom. The molecule has 0 aromatic carbocycles. The van der Waals surface area contributed by atoms with Crippen molar-refractivity contribution in [3.63, 3.8) is 0 Å². The van der Waals surface area contributed by atoms with Crippen LogP contribution in [0.25, 0.3) is 6.08 Å². The molecular weight excluding hydrogens is 186 g/mol. The van der Waals surface area contributed by atoms with Gasteiger partial charge in [-0.15, -0.1) is 0 Å². The third-order valence-electron chi connectivity index (χ3n) is 1.76. The fourth-order valence-electron chi connectivity index (χ4n) is 1.08. The number of aryl methyl sites for hydroxylation is 2. The van der Waals surface area contributed by atoms with E-state index in [1.807, 2.05) is 33.0 Å². The quantitative estimate of drug-likeness (QED) is 0.789. The number of rotatable bonds is 2. The van der Waals surface area contributed by atoms with Crippen molar-refractivity contribution >= 4 is 17.7 Å². The van der Waals surface area contributed by atoms with Gasteiger partial charge in [0.05, 0.1) is 5.69 Å². The van der Waals surface area contributed by atoms with Gasteiger partial charge in [-0.1, -0.05) is 23.8 Å². The first-order valence-corrected chi connectivity index (χ1v) is 4.53. The molecule has 0 bridgehead atoms. The molecule has 0 saturated carbocycles. The summed E-state index contributed by atoms with van der Waals surface area (Å²) < 4.78 is 1.65. The van der Waals surface area contributed by atoms with Gasteiger partial charge in [-0.05, 0) is 13.8 Å². The highest BCUT2D eigenvalue weighted by Gasteiger charge is 2.07. The summed E-state index contributed by atoms with van der Waals surface area (Å²) in [4.78, 5) is 0. The lowest BCUT2D eigenvalue weighted by molar-refractivity contribution is 0.757. The van der Waals surface area contributed by atoms with Crippen molar-refractivity contribution in [1.82, 2.24) is 9.78 Å². The molecule has 1 rings (SSSR count). The van der Waals surface area contributed by atoms with Gasteiger partial charge in [0.2, 0.25) is 0 Å². The van der Waals surface area contributed by atoms with Crippen molar-refractivity contribution in [3.8, 4) is 0 Å². The monoisotopic (exact) mass is 199 g/mol. The number of hydrogen-bond acceptors (Lipinski definition) is 2. The van der Waals surface area contributed by atoms with E-state index in [0.717, 1.165) is 11.3 Å². The molecule has 1 aromatic heterocycles. The molecule has 1 aromatic rings. The van der Waals surface area contributed by atoms with E-state index in [0.29, 0.717) is 5.15 Å². The minimum Gasteiger partial charge on any atom is -0.325 e. The third kappa shape index (κ3) is 2.32. The zero-order chi connectivity index (χ0) is 10.0. The molecule has 3 nitrogen and oxygen atoms in total. The second-order valence-corrected chi connectivity index (χ2v) is 3.49. The van der Waals surface area contributed by atoms with Crippen LogP contribution in [0.4, 0.5) is 0 Å². The molecule has 2 N–H and O–H groups in total. The average molecular weight is 200 g/mol. The molecule has 1 unspecified atom stereocenters. The smallest absolute Gasteiger partial charge is 0.134 e. The van der Waals surface area contributed by atoms with Crippen molar-refractivity contribution in [3.05, 3.63) is 22.5 Å². The zero-order valence-corrected chi connectivity index (χ0v) is 8.84. The Bertz CT molecular complexity index is 326. The van der Waals surface area contributed by atoms with E-state index < -0.39 is 0 Å². The van der Waals surface area contributed by atoms with Gasteiger partial charge >= 0.3 is 0 Å². The molecule has 0 saturated heterocycles. The highest BCUT2D eigenvalue weighted by Crippen LogP contribution is 2.19. The highest BCUT2D eigenvalue weighted by atomic mass is 35.5. The van der Waals surface area contributed by atoms with Gasteiger partial charge in [-0.25, -0.2) is 0 Å². The Morgan fingerprint density at radius 2 is 2.23 bits per heavy atom. The predicted octanol–water partition coefficient (Wildman–Crippen LogP) is 1.74. The Labute approximate surface area is 83.2 Å². The lowest BCUT2D eigenvalue weighted by Gasteiger charge is -1.95. The summed E-state index contributed by atoms with van der Waals surface area (Å²) in [5.74, 6) is 0. The molecule has 1 atom stereocenters. The third-order valence-corrected chi connectivity index (χ3v) is 2.21. The fourth-order valence-corrected chi connectivity index (χ4v) is 1.32. The molecule has 0 spiro atoms. The minimum absolute atomic E-state index is 0.0377. The number of halogens is 1. The molecule has 0 aliphatic carbocycles. The lowest BCUT2D eigenvalue weighted by atomic mass is 10.2. The van der Waals surface area contributed by atoms with E-state index in [1.165, 1.54) is 0 Å². The fraction of sp³-hybridized carbons (Fsp3) is 0.444. The van der Waals surface area contributed by atoms with Gasteiger partial charge in [-0.3, -0.25) is 4.68 Å². The molecule has 0 aliphatic rings. The number of nitrogens with two attached hydrogens (primary N) is 1. The molecule has 1 heterocycles. The number of nitrogens with zero attached hydrogens (tertiary/aromatic N) is 2. The first-order valence-electron chi connectivity index (χ1n) is 4.15. The maximum Gasteiger partial charge on any atom is 0.134 e. The van der Waals surface area contributed by atoms with Gasteiger partial charge in [0.1, 0.15) is 5.15 Å². The average Bonchev–Trinajstić information content (AvgIpc) is 2.24. The summed E-state index contributed by atoms with van der Waals surface area (Å²) in [5, 5.41) is 4.83. The topological polar surface area (TPSA) is 43.8 Å². The molecule has 4 heteroatoms. The molecule has 72 valence electrons. The molecular formula is C9H14ClN3. The van der Waals surface area contributed by atoms with Gasteiger partial charge in [-0.2, -0.15) is 5.10 Å². The molecule has 13 heavy (non-hydrogen) atoms. The van der Waals surface area contributed by atoms with Crippen LogP contribution in [-0.2, 0) is 7.05 Å². The van der Waals surface area contributed by atoms with Crippen LogP contribution in [0.2, 0.25) is 5.15 Å². The summed E-state index contributed by atoms with van der Waals surface area (Å²) in [6.45, 7) is 3.84. The Hall–Kier alpha value is -0.800. The van der Waals surface area contributed by atoms with Crippen LogP contribution in [-0.4, -0.2) is 15.8 Å². The minimum atomic E-state index is 0.0377. The van der Waals surface area contributed by atoms with Gasteiger partial charge in [0.15, 0.2) is 0 Å². The Balaban J connectivity index is 3.00. The first-order chi connectivity index (χ1) is 6.02. The van der Waals surface area contributed by atoms with Crippen molar-refractivity contribution < 1.29 is 0 Å². The summed E-state index contributed by atoms with van der Waals surface area (Å²) in [5.41, 5.74) is 7.46. The van der Waals surface area contributed by atoms with Crippen molar-refractivity contribution in [2.45, 2.75) is 19.9 Å². The summed E-state index contributed by atoms with van der Waals surface area (Å²) in [7, 11) is 1.82. The van der Waals surface area contributed by atoms with Gasteiger partial charge in [0, 0.05) is 18.7 Å². The predicted molar refractivity (Wildman–Crippen MR) is 55.6 cm³/mol. The van der Waals surface area contributed by atoms with E-state index in [4.69, 9.17) is 17.3 Å². The van der Waals surface area contributed by atoms with E-state index in [-0.39, 0.29) is 6.04 Å². The maximum absolute atomic E-state index is 6.01. The number of hydrogen-bond donors (Lipinski definition) is 1. The summed E-state index contributed by atoms with van der Waals surface area (Å²) in [6.07, 6.45) is 3.81. The van der Waals surface area contributed by atoms with Crippen molar-refractivity contribution in [2.24, 2.45) is 12.8 Å². The molecule has 0 radical (unpaired) electrons. The van der Waals surface area contributed by atoms with Crippen LogP contribution < -0.4 is 5.73 Å². The molecule has 0 fully saturated rings. The van der Waals surface area contributed by atoms with Gasteiger partial charge < -0.3 is 5.73 Å². The van der Waals surface area contributed by atoms with E-state index >= 15 is 0 Å². The van der Waals surface area contributed by atoms with E-state index in [2.05, 4.69) is 5.10 Å². The zero-order valence-electron chi connectivity index (χ0n) is 8.08. The SMILES string of the molecule is Cc1nn(C)c(Cl)c1/C=C/C(C)N.